The van der Waals surface area contributed by atoms with Crippen LogP contribution in [0, 0.1) is 6.08 Å². The Morgan fingerprint density at radius 3 is 2.60 bits per heavy atom. The summed E-state index contributed by atoms with van der Waals surface area (Å²) < 4.78 is 26.2. The van der Waals surface area contributed by atoms with Crippen LogP contribution in [0.15, 0.2) is 52.1 Å². The van der Waals surface area contributed by atoms with Gasteiger partial charge in [-0.1, -0.05) is 52.0 Å². The minimum Gasteiger partial charge on any atom is -0.368 e. The summed E-state index contributed by atoms with van der Waals surface area (Å²) in [5.74, 6) is 0. The molecule has 0 atom stereocenters. The molecular formula is C14H10BrClF2NY-. The van der Waals surface area contributed by atoms with E-state index in [0.29, 0.717) is 16.4 Å². The summed E-state index contributed by atoms with van der Waals surface area (Å²) in [6, 6.07) is 7.35. The number of alkyl halides is 2. The van der Waals surface area contributed by atoms with Gasteiger partial charge in [-0.3, -0.25) is 0 Å². The van der Waals surface area contributed by atoms with Gasteiger partial charge in [0.1, 0.15) is 0 Å². The van der Waals surface area contributed by atoms with Gasteiger partial charge in [0.05, 0.1) is 6.54 Å². The Labute approximate surface area is 155 Å². The molecule has 0 aliphatic carbocycles. The largest absolute Gasteiger partial charge is 0.368 e. The van der Waals surface area contributed by atoms with Gasteiger partial charge in [-0.05, 0) is 15.2 Å². The van der Waals surface area contributed by atoms with Crippen LogP contribution in [0.1, 0.15) is 5.56 Å². The number of allylic oxidation sites excluding steroid dienone is 3. The quantitative estimate of drug-likeness (QED) is 0.618. The van der Waals surface area contributed by atoms with Crippen LogP contribution in [0.5, 0.6) is 0 Å². The van der Waals surface area contributed by atoms with Crippen molar-refractivity contribution in [2.75, 3.05) is 6.54 Å². The van der Waals surface area contributed by atoms with E-state index in [1.165, 1.54) is 4.90 Å². The van der Waals surface area contributed by atoms with E-state index in [0.717, 1.165) is 10.0 Å². The molecule has 103 valence electrons. The zero-order valence-electron chi connectivity index (χ0n) is 10.4. The molecule has 0 saturated carbocycles. The summed E-state index contributed by atoms with van der Waals surface area (Å²) in [6.45, 7) is 3.29. The second kappa shape index (κ2) is 7.83. The molecule has 1 heterocycles. The van der Waals surface area contributed by atoms with E-state index in [9.17, 15) is 8.78 Å². The fourth-order valence-corrected chi connectivity index (χ4v) is 2.40. The van der Waals surface area contributed by atoms with Crippen molar-refractivity contribution in [2.45, 2.75) is 6.43 Å². The molecule has 1 aliphatic heterocycles. The van der Waals surface area contributed by atoms with E-state index >= 15 is 0 Å². The molecule has 1 aromatic carbocycles. The molecule has 0 saturated heterocycles. The summed E-state index contributed by atoms with van der Waals surface area (Å²) in [4.78, 5) is 1.38. The van der Waals surface area contributed by atoms with Crippen molar-refractivity contribution in [2.24, 2.45) is 0 Å². The molecule has 0 spiro atoms. The van der Waals surface area contributed by atoms with Crippen molar-refractivity contribution in [3.8, 4) is 0 Å². The van der Waals surface area contributed by atoms with Gasteiger partial charge in [0, 0.05) is 32.7 Å². The zero-order chi connectivity index (χ0) is 14.0. The zero-order valence-corrected chi connectivity index (χ0v) is 15.6. The first-order valence-corrected chi connectivity index (χ1v) is 6.67. The van der Waals surface area contributed by atoms with Crippen LogP contribution in [0.25, 0.3) is 5.70 Å². The molecule has 0 fully saturated rings. The summed E-state index contributed by atoms with van der Waals surface area (Å²) in [5, 5.41) is 0.316. The first-order chi connectivity index (χ1) is 9.00. The van der Waals surface area contributed by atoms with Gasteiger partial charge >= 0.3 is 0 Å². The number of benzene rings is 1. The third-order valence-electron chi connectivity index (χ3n) is 2.66. The Balaban J connectivity index is 0.00000200. The van der Waals surface area contributed by atoms with E-state index in [4.69, 9.17) is 11.6 Å². The summed E-state index contributed by atoms with van der Waals surface area (Å²) >= 11 is 9.33. The van der Waals surface area contributed by atoms with E-state index in [-0.39, 0.29) is 32.7 Å². The Morgan fingerprint density at radius 2 is 2.00 bits per heavy atom. The second-order valence-corrected chi connectivity index (χ2v) is 5.17. The van der Waals surface area contributed by atoms with E-state index in [1.807, 2.05) is 24.3 Å². The molecule has 20 heavy (non-hydrogen) atoms. The first kappa shape index (κ1) is 18.0. The van der Waals surface area contributed by atoms with Crippen molar-refractivity contribution >= 4 is 33.2 Å². The average molecular weight is 434 g/mol. The van der Waals surface area contributed by atoms with Gasteiger partial charge in [-0.2, -0.15) is 23.8 Å². The number of halogens is 4. The van der Waals surface area contributed by atoms with Gasteiger partial charge in [0.15, 0.2) is 0 Å². The van der Waals surface area contributed by atoms with E-state index in [2.05, 4.69) is 28.6 Å². The van der Waals surface area contributed by atoms with Crippen molar-refractivity contribution in [1.29, 1.82) is 0 Å². The molecule has 2 rings (SSSR count). The molecule has 1 nitrogen and oxygen atoms in total. The van der Waals surface area contributed by atoms with Crippen molar-refractivity contribution in [3.05, 3.63) is 63.8 Å². The molecule has 0 aromatic heterocycles. The number of nitrogens with zero attached hydrogens (tertiary/aromatic N) is 1. The normalized spacial score (nSPS) is 14.8. The smallest absolute Gasteiger partial charge is 0.256 e. The van der Waals surface area contributed by atoms with Crippen LogP contribution < -0.4 is 0 Å². The molecule has 6 heteroatoms. The molecule has 0 bridgehead atoms. The van der Waals surface area contributed by atoms with Crippen LogP contribution in [-0.4, -0.2) is 17.9 Å². The molecule has 1 aromatic rings. The number of rotatable bonds is 3. The van der Waals surface area contributed by atoms with Crippen LogP contribution in [-0.2, 0) is 32.7 Å². The minimum atomic E-state index is -2.49. The third-order valence-corrected chi connectivity index (χ3v) is 3.68. The van der Waals surface area contributed by atoms with Crippen LogP contribution >= 0.6 is 27.5 Å². The van der Waals surface area contributed by atoms with Crippen LogP contribution in [0.2, 0.25) is 0 Å². The number of hydrogen-bond donors (Lipinski definition) is 0. The Morgan fingerprint density at radius 1 is 1.35 bits per heavy atom. The van der Waals surface area contributed by atoms with Gasteiger partial charge in [-0.15, -0.1) is 6.07 Å². The van der Waals surface area contributed by atoms with Gasteiger partial charge < -0.3 is 4.90 Å². The van der Waals surface area contributed by atoms with E-state index in [1.54, 1.807) is 6.08 Å². The Bertz CT molecular complexity index is 572. The monoisotopic (exact) mass is 433 g/mol. The predicted molar refractivity (Wildman–Crippen MR) is 76.6 cm³/mol. The molecule has 0 amide bonds. The maximum absolute atomic E-state index is 12.7. The molecule has 1 radical (unpaired) electrons. The van der Waals surface area contributed by atoms with Gasteiger partial charge in [-0.25, -0.2) is 8.78 Å². The van der Waals surface area contributed by atoms with Gasteiger partial charge in [0.25, 0.3) is 6.43 Å². The fraction of sp³-hybridized carbons (Fsp3) is 0.143. The fourth-order valence-electron chi connectivity index (χ4n) is 1.77. The van der Waals surface area contributed by atoms with Crippen molar-refractivity contribution in [1.82, 2.24) is 4.90 Å². The molecule has 0 unspecified atom stereocenters. The second-order valence-electron chi connectivity index (χ2n) is 3.91. The molecule has 0 N–H and O–H groups in total. The average Bonchev–Trinajstić information content (AvgIpc) is 2.36. The summed E-state index contributed by atoms with van der Waals surface area (Å²) in [7, 11) is 0. The van der Waals surface area contributed by atoms with Crippen molar-refractivity contribution in [3.63, 3.8) is 0 Å². The Hall–Kier alpha value is -0.0261. The summed E-state index contributed by atoms with van der Waals surface area (Å²) in [5.41, 5.74) is 1.65. The topological polar surface area (TPSA) is 3.24 Å². The first-order valence-electron chi connectivity index (χ1n) is 5.49. The maximum Gasteiger partial charge on any atom is 0.256 e. The summed E-state index contributed by atoms with van der Waals surface area (Å²) in [6.07, 6.45) is 1.99. The van der Waals surface area contributed by atoms with Gasteiger partial charge in [0.2, 0.25) is 0 Å². The SMILES string of the molecule is C=C1C(Cl)=C[C-]=C(c2ccccc2Br)N1CC(F)F.[Y]. The third kappa shape index (κ3) is 4.00. The van der Waals surface area contributed by atoms with Crippen LogP contribution in [0.4, 0.5) is 8.78 Å². The molecular weight excluding hydrogens is 424 g/mol. The minimum absolute atomic E-state index is 0. The van der Waals surface area contributed by atoms with Crippen LogP contribution in [0.3, 0.4) is 0 Å². The Kier molecular flexibility index (Phi) is 7.06. The maximum atomic E-state index is 12.7. The molecule has 1 aliphatic rings. The standard InChI is InChI=1S/C14H10BrClF2N.Y/c1-9-12(16)6-7-13(19(9)8-14(17)18)10-4-2-3-5-11(10)15;/h2-6,14H,1,8H2;/q-1;. The number of hydrogen-bond acceptors (Lipinski definition) is 1. The van der Waals surface area contributed by atoms with Crippen molar-refractivity contribution < 1.29 is 41.5 Å². The predicted octanol–water partition coefficient (Wildman–Crippen LogP) is 4.81. The van der Waals surface area contributed by atoms with E-state index < -0.39 is 13.0 Å².